The van der Waals surface area contributed by atoms with E-state index in [1.807, 2.05) is 12.2 Å². The van der Waals surface area contributed by atoms with Gasteiger partial charge in [-0.1, -0.05) is 35.4 Å². The second kappa shape index (κ2) is 6.18. The highest BCUT2D eigenvalue weighted by atomic mass is 35.5. The number of hydrogen-bond acceptors (Lipinski definition) is 1. The van der Waals surface area contributed by atoms with Gasteiger partial charge in [-0.15, -0.1) is 11.6 Å². The van der Waals surface area contributed by atoms with Crippen molar-refractivity contribution in [2.24, 2.45) is 0 Å². The summed E-state index contributed by atoms with van der Waals surface area (Å²) in [5, 5.41) is 1.11. The van der Waals surface area contributed by atoms with Crippen LogP contribution in [-0.2, 0) is 0 Å². The highest BCUT2D eigenvalue weighted by Gasteiger charge is 2.00. The van der Waals surface area contributed by atoms with Crippen molar-refractivity contribution in [1.29, 1.82) is 0 Å². The normalized spacial score (nSPS) is 10.8. The van der Waals surface area contributed by atoms with Gasteiger partial charge in [0.05, 0.1) is 5.02 Å². The molecule has 0 N–H and O–H groups in total. The lowest BCUT2D eigenvalue weighted by atomic mass is 10.3. The van der Waals surface area contributed by atoms with E-state index < -0.39 is 0 Å². The predicted molar refractivity (Wildman–Crippen MR) is 61.8 cm³/mol. The van der Waals surface area contributed by atoms with Crippen molar-refractivity contribution >= 4 is 34.8 Å². The van der Waals surface area contributed by atoms with Crippen molar-refractivity contribution in [2.75, 3.05) is 12.5 Å². The Kier molecular flexibility index (Phi) is 5.16. The van der Waals surface area contributed by atoms with Crippen molar-refractivity contribution in [1.82, 2.24) is 0 Å². The Hall–Kier alpha value is -0.370. The van der Waals surface area contributed by atoms with Gasteiger partial charge in [0.25, 0.3) is 0 Å². The minimum atomic E-state index is 0.452. The first-order valence-corrected chi connectivity index (χ1v) is 5.32. The maximum absolute atomic E-state index is 5.88. The Labute approximate surface area is 98.2 Å². The fraction of sp³-hybridized carbons (Fsp3) is 0.200. The third-order valence-electron chi connectivity index (χ3n) is 1.48. The van der Waals surface area contributed by atoms with Crippen LogP contribution in [0.2, 0.25) is 10.0 Å². The molecule has 0 saturated carbocycles. The van der Waals surface area contributed by atoms with Crippen molar-refractivity contribution in [3.63, 3.8) is 0 Å². The molecule has 0 aliphatic carbocycles. The summed E-state index contributed by atoms with van der Waals surface area (Å²) < 4.78 is 5.36. The summed E-state index contributed by atoms with van der Waals surface area (Å²) in [6.45, 7) is 0.452. The third kappa shape index (κ3) is 3.79. The number of allylic oxidation sites excluding steroid dienone is 1. The minimum absolute atomic E-state index is 0.452. The van der Waals surface area contributed by atoms with Gasteiger partial charge in [0, 0.05) is 10.9 Å². The van der Waals surface area contributed by atoms with E-state index >= 15 is 0 Å². The number of alkyl halides is 1. The molecule has 0 aliphatic heterocycles. The van der Waals surface area contributed by atoms with Crippen LogP contribution in [0.3, 0.4) is 0 Å². The molecule has 0 aliphatic rings. The standard InChI is InChI=1S/C10H9Cl3O/c11-5-1-2-6-14-10-4-3-8(12)7-9(10)13/h1-4,7H,5-6H2. The zero-order chi connectivity index (χ0) is 10.4. The molecule has 0 fully saturated rings. The lowest BCUT2D eigenvalue weighted by Crippen LogP contribution is -1.93. The maximum Gasteiger partial charge on any atom is 0.138 e. The fourth-order valence-electron chi connectivity index (χ4n) is 0.861. The van der Waals surface area contributed by atoms with Crippen molar-refractivity contribution in [3.05, 3.63) is 40.4 Å². The van der Waals surface area contributed by atoms with Gasteiger partial charge >= 0.3 is 0 Å². The molecule has 0 saturated heterocycles. The first-order valence-electron chi connectivity index (χ1n) is 4.03. The third-order valence-corrected chi connectivity index (χ3v) is 2.19. The van der Waals surface area contributed by atoms with Gasteiger partial charge in [-0.2, -0.15) is 0 Å². The summed E-state index contributed by atoms with van der Waals surface area (Å²) in [7, 11) is 0. The average Bonchev–Trinajstić information content (AvgIpc) is 2.15. The number of ether oxygens (including phenoxy) is 1. The molecule has 0 spiro atoms. The largest absolute Gasteiger partial charge is 0.488 e. The molecule has 0 radical (unpaired) electrons. The quantitative estimate of drug-likeness (QED) is 0.576. The Balaban J connectivity index is 2.55. The minimum Gasteiger partial charge on any atom is -0.488 e. The van der Waals surface area contributed by atoms with Gasteiger partial charge < -0.3 is 4.74 Å². The van der Waals surface area contributed by atoms with Gasteiger partial charge in [-0.25, -0.2) is 0 Å². The molecule has 76 valence electrons. The Morgan fingerprint density at radius 3 is 2.64 bits per heavy atom. The molecule has 1 aromatic rings. The monoisotopic (exact) mass is 250 g/mol. The topological polar surface area (TPSA) is 9.23 Å². The lowest BCUT2D eigenvalue weighted by molar-refractivity contribution is 0.363. The van der Waals surface area contributed by atoms with Crippen LogP contribution < -0.4 is 4.74 Å². The van der Waals surface area contributed by atoms with Crippen LogP contribution >= 0.6 is 34.8 Å². The van der Waals surface area contributed by atoms with E-state index in [4.69, 9.17) is 39.5 Å². The molecular formula is C10H9Cl3O. The summed E-state index contributed by atoms with van der Waals surface area (Å²) in [6, 6.07) is 5.11. The second-order valence-electron chi connectivity index (χ2n) is 2.51. The van der Waals surface area contributed by atoms with E-state index in [1.165, 1.54) is 0 Å². The first-order chi connectivity index (χ1) is 6.74. The van der Waals surface area contributed by atoms with Crippen molar-refractivity contribution in [3.8, 4) is 5.75 Å². The summed E-state index contributed by atoms with van der Waals surface area (Å²) in [5.74, 6) is 1.10. The van der Waals surface area contributed by atoms with Crippen LogP contribution in [0.15, 0.2) is 30.4 Å². The Bertz CT molecular complexity index is 323. The predicted octanol–water partition coefficient (Wildman–Crippen LogP) is 4.17. The molecule has 0 unspecified atom stereocenters. The highest BCUT2D eigenvalue weighted by molar-refractivity contribution is 6.35. The van der Waals surface area contributed by atoms with Gasteiger partial charge in [0.15, 0.2) is 0 Å². The van der Waals surface area contributed by atoms with Crippen LogP contribution in [0.5, 0.6) is 5.75 Å². The van der Waals surface area contributed by atoms with E-state index in [0.717, 1.165) is 0 Å². The molecule has 14 heavy (non-hydrogen) atoms. The van der Waals surface area contributed by atoms with Gasteiger partial charge in [-0.05, 0) is 18.2 Å². The van der Waals surface area contributed by atoms with Crippen LogP contribution in [-0.4, -0.2) is 12.5 Å². The molecule has 1 nitrogen and oxygen atoms in total. The van der Waals surface area contributed by atoms with E-state index in [1.54, 1.807) is 18.2 Å². The summed E-state index contributed by atoms with van der Waals surface area (Å²) in [4.78, 5) is 0. The molecular weight excluding hydrogens is 242 g/mol. The van der Waals surface area contributed by atoms with Crippen LogP contribution in [0, 0.1) is 0 Å². The van der Waals surface area contributed by atoms with E-state index in [2.05, 4.69) is 0 Å². The van der Waals surface area contributed by atoms with Gasteiger partial charge in [-0.3, -0.25) is 0 Å². The number of halogens is 3. The average molecular weight is 252 g/mol. The molecule has 0 heterocycles. The summed E-state index contributed by atoms with van der Waals surface area (Å²) in [6.07, 6.45) is 3.64. The van der Waals surface area contributed by atoms with Crippen LogP contribution in [0.25, 0.3) is 0 Å². The second-order valence-corrected chi connectivity index (χ2v) is 3.66. The number of hydrogen-bond donors (Lipinski definition) is 0. The van der Waals surface area contributed by atoms with Gasteiger partial charge in [0.1, 0.15) is 12.4 Å². The lowest BCUT2D eigenvalue weighted by Gasteiger charge is -2.05. The summed E-state index contributed by atoms with van der Waals surface area (Å²) in [5.41, 5.74) is 0. The first kappa shape index (κ1) is 11.7. The molecule has 0 aromatic heterocycles. The maximum atomic E-state index is 5.88. The molecule has 0 bridgehead atoms. The molecule has 1 rings (SSSR count). The SMILES string of the molecule is ClCC=CCOc1ccc(Cl)cc1Cl. The zero-order valence-electron chi connectivity index (χ0n) is 7.34. The van der Waals surface area contributed by atoms with E-state index in [-0.39, 0.29) is 0 Å². The van der Waals surface area contributed by atoms with Crippen LogP contribution in [0.1, 0.15) is 0 Å². The van der Waals surface area contributed by atoms with E-state index in [0.29, 0.717) is 28.3 Å². The smallest absolute Gasteiger partial charge is 0.138 e. The van der Waals surface area contributed by atoms with Crippen molar-refractivity contribution in [2.45, 2.75) is 0 Å². The molecule has 0 atom stereocenters. The molecule has 0 amide bonds. The zero-order valence-corrected chi connectivity index (χ0v) is 9.61. The summed E-state index contributed by atoms with van der Waals surface area (Å²) >= 11 is 17.1. The number of rotatable bonds is 4. The fourth-order valence-corrected chi connectivity index (χ4v) is 1.45. The molecule has 1 aromatic carbocycles. The van der Waals surface area contributed by atoms with Crippen LogP contribution in [0.4, 0.5) is 0 Å². The van der Waals surface area contributed by atoms with E-state index in [9.17, 15) is 0 Å². The highest BCUT2D eigenvalue weighted by Crippen LogP contribution is 2.27. The molecule has 4 heteroatoms. The van der Waals surface area contributed by atoms with Crippen molar-refractivity contribution < 1.29 is 4.74 Å². The Morgan fingerprint density at radius 1 is 1.21 bits per heavy atom. The Morgan fingerprint density at radius 2 is 2.00 bits per heavy atom. The van der Waals surface area contributed by atoms with Gasteiger partial charge in [0.2, 0.25) is 0 Å². The number of benzene rings is 1.